The highest BCUT2D eigenvalue weighted by atomic mass is 19.2. The monoisotopic (exact) mass is 258 g/mol. The number of hydrazine groups is 1. The van der Waals surface area contributed by atoms with Crippen LogP contribution in [0.5, 0.6) is 5.75 Å². The number of carbonyl (C=O) groups is 1. The summed E-state index contributed by atoms with van der Waals surface area (Å²) in [5.41, 5.74) is 2.59. The smallest absolute Gasteiger partial charge is 0.234 e. The molecule has 18 heavy (non-hydrogen) atoms. The first kappa shape index (κ1) is 14.4. The van der Waals surface area contributed by atoms with Gasteiger partial charge in [-0.05, 0) is 18.6 Å². The summed E-state index contributed by atoms with van der Waals surface area (Å²) in [7, 11) is 3.44. The van der Waals surface area contributed by atoms with E-state index in [9.17, 15) is 13.6 Å². The Morgan fingerprint density at radius 3 is 2.67 bits per heavy atom. The van der Waals surface area contributed by atoms with Gasteiger partial charge in [-0.15, -0.1) is 0 Å². The van der Waals surface area contributed by atoms with E-state index >= 15 is 0 Å². The molecular weight excluding hydrogens is 242 g/mol. The van der Waals surface area contributed by atoms with Gasteiger partial charge < -0.3 is 4.74 Å². The summed E-state index contributed by atoms with van der Waals surface area (Å²) in [4.78, 5) is 11.2. The van der Waals surface area contributed by atoms with E-state index in [0.717, 1.165) is 12.1 Å². The fourth-order valence-electron chi connectivity index (χ4n) is 1.29. The minimum atomic E-state index is -0.946. The molecule has 1 amide bonds. The summed E-state index contributed by atoms with van der Waals surface area (Å²) >= 11 is 0. The largest absolute Gasteiger partial charge is 0.493 e. The Bertz CT molecular complexity index is 411. The maximum Gasteiger partial charge on any atom is 0.234 e. The molecule has 1 aromatic carbocycles. The van der Waals surface area contributed by atoms with Gasteiger partial charge in [0.1, 0.15) is 5.75 Å². The van der Waals surface area contributed by atoms with E-state index in [1.807, 2.05) is 0 Å². The molecule has 100 valence electrons. The van der Waals surface area contributed by atoms with E-state index in [0.29, 0.717) is 12.8 Å². The summed E-state index contributed by atoms with van der Waals surface area (Å²) in [6.07, 6.45) is 0.806. The van der Waals surface area contributed by atoms with Crippen LogP contribution in [0.2, 0.25) is 0 Å². The fourth-order valence-corrected chi connectivity index (χ4v) is 1.29. The molecule has 0 saturated heterocycles. The Balaban J connectivity index is 2.25. The minimum Gasteiger partial charge on any atom is -0.493 e. The van der Waals surface area contributed by atoms with Gasteiger partial charge in [0.15, 0.2) is 11.6 Å². The van der Waals surface area contributed by atoms with Crippen LogP contribution in [0, 0.1) is 11.6 Å². The first-order valence-electron chi connectivity index (χ1n) is 5.53. The zero-order chi connectivity index (χ0) is 13.5. The molecule has 0 bridgehead atoms. The zero-order valence-electron chi connectivity index (χ0n) is 10.4. The lowest BCUT2D eigenvalue weighted by Crippen LogP contribution is -2.36. The van der Waals surface area contributed by atoms with E-state index in [1.165, 1.54) is 6.07 Å². The van der Waals surface area contributed by atoms with Crippen LogP contribution in [0.25, 0.3) is 0 Å². The standard InChI is InChI=1S/C12H16F2N2O2/c1-16(2)15-12(17)4-3-7-18-9-5-6-10(13)11(14)8-9/h5-6,8H,3-4,7H2,1-2H3,(H,15,17). The lowest BCUT2D eigenvalue weighted by Gasteiger charge is -2.11. The lowest BCUT2D eigenvalue weighted by atomic mass is 10.3. The summed E-state index contributed by atoms with van der Waals surface area (Å²) in [5.74, 6) is -1.72. The molecule has 0 atom stereocenters. The molecule has 1 N–H and O–H groups in total. The highest BCUT2D eigenvalue weighted by molar-refractivity contribution is 5.75. The van der Waals surface area contributed by atoms with Gasteiger partial charge in [0, 0.05) is 26.6 Å². The second-order valence-electron chi connectivity index (χ2n) is 3.96. The molecule has 0 spiro atoms. The van der Waals surface area contributed by atoms with Gasteiger partial charge in [0.2, 0.25) is 5.91 Å². The number of carbonyl (C=O) groups excluding carboxylic acids is 1. The molecule has 0 radical (unpaired) electrons. The number of amides is 1. The maximum absolute atomic E-state index is 12.8. The third-order valence-electron chi connectivity index (χ3n) is 2.06. The quantitative estimate of drug-likeness (QED) is 0.624. The lowest BCUT2D eigenvalue weighted by molar-refractivity contribution is -0.125. The number of halogens is 2. The van der Waals surface area contributed by atoms with Crippen LogP contribution in [0.15, 0.2) is 18.2 Å². The van der Waals surface area contributed by atoms with Crippen molar-refractivity contribution in [3.05, 3.63) is 29.8 Å². The third kappa shape index (κ3) is 5.09. The van der Waals surface area contributed by atoms with Gasteiger partial charge >= 0.3 is 0 Å². The summed E-state index contributed by atoms with van der Waals surface area (Å²) < 4.78 is 30.7. The Hall–Kier alpha value is -1.69. The molecule has 1 aromatic rings. The number of hydrogen-bond acceptors (Lipinski definition) is 3. The summed E-state index contributed by atoms with van der Waals surface area (Å²) in [6, 6.07) is 3.33. The van der Waals surface area contributed by atoms with Gasteiger partial charge in [0.25, 0.3) is 0 Å². The maximum atomic E-state index is 12.8. The van der Waals surface area contributed by atoms with E-state index in [4.69, 9.17) is 4.74 Å². The average molecular weight is 258 g/mol. The van der Waals surface area contributed by atoms with Crippen molar-refractivity contribution in [2.45, 2.75) is 12.8 Å². The Morgan fingerprint density at radius 2 is 2.06 bits per heavy atom. The van der Waals surface area contributed by atoms with Gasteiger partial charge in [-0.3, -0.25) is 10.2 Å². The van der Waals surface area contributed by atoms with Crippen LogP contribution in [0.3, 0.4) is 0 Å². The summed E-state index contributed by atoms with van der Waals surface area (Å²) in [5, 5.41) is 1.55. The van der Waals surface area contributed by atoms with Crippen molar-refractivity contribution in [3.8, 4) is 5.75 Å². The predicted molar refractivity (Wildman–Crippen MR) is 62.9 cm³/mol. The first-order valence-corrected chi connectivity index (χ1v) is 5.53. The van der Waals surface area contributed by atoms with Crippen LogP contribution in [0.1, 0.15) is 12.8 Å². The molecule has 0 aliphatic carbocycles. The average Bonchev–Trinajstić information content (AvgIpc) is 2.28. The van der Waals surface area contributed by atoms with Gasteiger partial charge in [-0.25, -0.2) is 13.8 Å². The van der Waals surface area contributed by atoms with E-state index in [2.05, 4.69) is 5.43 Å². The Morgan fingerprint density at radius 1 is 1.33 bits per heavy atom. The van der Waals surface area contributed by atoms with Gasteiger partial charge in [-0.1, -0.05) is 0 Å². The molecule has 0 fully saturated rings. The van der Waals surface area contributed by atoms with E-state index in [1.54, 1.807) is 19.1 Å². The molecule has 4 nitrogen and oxygen atoms in total. The van der Waals surface area contributed by atoms with Crippen LogP contribution in [-0.4, -0.2) is 31.6 Å². The van der Waals surface area contributed by atoms with Crippen molar-refractivity contribution < 1.29 is 18.3 Å². The Labute approximate surface area is 105 Å². The molecule has 0 saturated carbocycles. The Kier molecular flexibility index (Phi) is 5.51. The molecule has 6 heteroatoms. The molecule has 0 heterocycles. The third-order valence-corrected chi connectivity index (χ3v) is 2.06. The predicted octanol–water partition coefficient (Wildman–Crippen LogP) is 1.72. The highest BCUT2D eigenvalue weighted by Gasteiger charge is 2.04. The second kappa shape index (κ2) is 6.90. The number of ether oxygens (including phenoxy) is 1. The number of benzene rings is 1. The first-order chi connectivity index (χ1) is 8.49. The molecule has 0 aromatic heterocycles. The summed E-state index contributed by atoms with van der Waals surface area (Å²) in [6.45, 7) is 0.270. The van der Waals surface area contributed by atoms with Gasteiger partial charge in [0.05, 0.1) is 6.61 Å². The fraction of sp³-hybridized carbons (Fsp3) is 0.417. The topological polar surface area (TPSA) is 41.6 Å². The second-order valence-corrected chi connectivity index (χ2v) is 3.96. The van der Waals surface area contributed by atoms with Crippen molar-refractivity contribution in [1.29, 1.82) is 0 Å². The number of nitrogens with zero attached hydrogens (tertiary/aromatic N) is 1. The zero-order valence-corrected chi connectivity index (χ0v) is 10.4. The molecular formula is C12H16F2N2O2. The normalized spacial score (nSPS) is 10.5. The van der Waals surface area contributed by atoms with Crippen LogP contribution < -0.4 is 10.2 Å². The number of rotatable bonds is 6. The number of nitrogens with one attached hydrogen (secondary N) is 1. The highest BCUT2D eigenvalue weighted by Crippen LogP contribution is 2.15. The van der Waals surface area contributed by atoms with Crippen molar-refractivity contribution >= 4 is 5.91 Å². The SMILES string of the molecule is CN(C)NC(=O)CCCOc1ccc(F)c(F)c1. The van der Waals surface area contributed by atoms with Crippen molar-refractivity contribution in [2.75, 3.05) is 20.7 Å². The molecule has 1 rings (SSSR count). The van der Waals surface area contributed by atoms with Crippen molar-refractivity contribution in [3.63, 3.8) is 0 Å². The van der Waals surface area contributed by atoms with Crippen LogP contribution >= 0.6 is 0 Å². The van der Waals surface area contributed by atoms with Crippen molar-refractivity contribution in [1.82, 2.24) is 10.4 Å². The number of hydrogen-bond donors (Lipinski definition) is 1. The van der Waals surface area contributed by atoms with E-state index < -0.39 is 11.6 Å². The molecule has 0 unspecified atom stereocenters. The minimum absolute atomic E-state index is 0.117. The van der Waals surface area contributed by atoms with E-state index in [-0.39, 0.29) is 18.3 Å². The molecule has 0 aliphatic rings. The van der Waals surface area contributed by atoms with Crippen LogP contribution in [0.4, 0.5) is 8.78 Å². The van der Waals surface area contributed by atoms with Crippen molar-refractivity contribution in [2.24, 2.45) is 0 Å². The van der Waals surface area contributed by atoms with Crippen LogP contribution in [-0.2, 0) is 4.79 Å². The molecule has 0 aliphatic heterocycles. The van der Waals surface area contributed by atoms with Gasteiger partial charge in [-0.2, -0.15) is 0 Å².